The normalized spacial score (nSPS) is 10.3. The quantitative estimate of drug-likeness (QED) is 0.714. The number of rotatable bonds is 6. The van der Waals surface area contributed by atoms with Crippen LogP contribution in [-0.4, -0.2) is 13.1 Å². The first-order chi connectivity index (χ1) is 7.24. The molecule has 2 nitrogen and oxygen atoms in total. The molecular weight excluding hydrogens is 198 g/mol. The van der Waals surface area contributed by atoms with E-state index >= 15 is 0 Å². The Morgan fingerprint density at radius 1 is 1.07 bits per heavy atom. The molecule has 0 saturated carbocycles. The van der Waals surface area contributed by atoms with Crippen molar-refractivity contribution in [1.29, 1.82) is 0 Å². The second-order valence-corrected chi connectivity index (χ2v) is 3.40. The molecule has 0 radical (unpaired) electrons. The zero-order chi connectivity index (χ0) is 11.1. The smallest absolute Gasteiger partial charge is 0.160 e. The molecule has 0 saturated heterocycles. The van der Waals surface area contributed by atoms with Gasteiger partial charge in [-0.15, -0.1) is 0 Å². The fourth-order valence-corrected chi connectivity index (χ4v) is 1.28. The van der Waals surface area contributed by atoms with E-state index in [0.717, 1.165) is 37.9 Å². The van der Waals surface area contributed by atoms with Crippen LogP contribution in [0.1, 0.15) is 19.3 Å². The van der Waals surface area contributed by atoms with Gasteiger partial charge in [0, 0.05) is 12.2 Å². The Morgan fingerprint density at radius 2 is 1.87 bits per heavy atom. The summed E-state index contributed by atoms with van der Waals surface area (Å²) in [5, 5.41) is 3.02. The lowest BCUT2D eigenvalue weighted by Crippen LogP contribution is -2.04. The summed E-state index contributed by atoms with van der Waals surface area (Å²) in [5.74, 6) is -1.63. The molecule has 0 aliphatic rings. The van der Waals surface area contributed by atoms with Crippen molar-refractivity contribution in [2.24, 2.45) is 5.73 Å². The van der Waals surface area contributed by atoms with Gasteiger partial charge in [0.2, 0.25) is 0 Å². The Hall–Kier alpha value is -1.16. The van der Waals surface area contributed by atoms with E-state index < -0.39 is 11.6 Å². The van der Waals surface area contributed by atoms with Gasteiger partial charge in [0.05, 0.1) is 0 Å². The molecule has 0 aromatic heterocycles. The van der Waals surface area contributed by atoms with Crippen LogP contribution in [0.2, 0.25) is 0 Å². The predicted octanol–water partition coefficient (Wildman–Crippen LogP) is 2.51. The maximum Gasteiger partial charge on any atom is 0.160 e. The van der Waals surface area contributed by atoms with Crippen LogP contribution in [0.25, 0.3) is 0 Å². The molecule has 0 spiro atoms. The Kier molecular flexibility index (Phi) is 5.04. The Morgan fingerprint density at radius 3 is 2.53 bits per heavy atom. The zero-order valence-corrected chi connectivity index (χ0v) is 8.60. The Balaban J connectivity index is 2.28. The molecule has 0 amide bonds. The van der Waals surface area contributed by atoms with E-state index in [-0.39, 0.29) is 0 Å². The number of nitrogens with one attached hydrogen (secondary N) is 1. The van der Waals surface area contributed by atoms with E-state index in [0.29, 0.717) is 12.2 Å². The molecule has 1 aromatic carbocycles. The van der Waals surface area contributed by atoms with Crippen LogP contribution < -0.4 is 11.1 Å². The molecule has 0 aliphatic heterocycles. The van der Waals surface area contributed by atoms with Gasteiger partial charge in [-0.3, -0.25) is 0 Å². The van der Waals surface area contributed by atoms with Crippen molar-refractivity contribution in [2.45, 2.75) is 19.3 Å². The molecule has 0 atom stereocenters. The summed E-state index contributed by atoms with van der Waals surface area (Å²) in [6.07, 6.45) is 3.03. The van der Waals surface area contributed by atoms with E-state index in [1.165, 1.54) is 6.07 Å². The summed E-state index contributed by atoms with van der Waals surface area (Å²) in [5.41, 5.74) is 5.96. The molecular formula is C11H16F2N2. The minimum atomic E-state index is -0.818. The molecule has 1 rings (SSSR count). The highest BCUT2D eigenvalue weighted by atomic mass is 19.2. The minimum absolute atomic E-state index is 0.613. The molecule has 0 heterocycles. The number of hydrogen-bond donors (Lipinski definition) is 2. The van der Waals surface area contributed by atoms with Crippen LogP contribution in [0, 0.1) is 11.6 Å². The summed E-state index contributed by atoms with van der Waals surface area (Å²) in [7, 11) is 0. The molecule has 1 aromatic rings. The van der Waals surface area contributed by atoms with Crippen LogP contribution in [0.3, 0.4) is 0 Å². The van der Waals surface area contributed by atoms with Gasteiger partial charge in [0.15, 0.2) is 11.6 Å². The highest BCUT2D eigenvalue weighted by molar-refractivity contribution is 5.43. The van der Waals surface area contributed by atoms with Gasteiger partial charge in [-0.1, -0.05) is 6.42 Å². The Labute approximate surface area is 88.5 Å². The van der Waals surface area contributed by atoms with Crippen LogP contribution in [0.4, 0.5) is 14.5 Å². The highest BCUT2D eigenvalue weighted by Crippen LogP contribution is 2.13. The van der Waals surface area contributed by atoms with Crippen LogP contribution in [-0.2, 0) is 0 Å². The van der Waals surface area contributed by atoms with Gasteiger partial charge in [-0.25, -0.2) is 8.78 Å². The maximum atomic E-state index is 12.8. The van der Waals surface area contributed by atoms with Crippen molar-refractivity contribution in [1.82, 2.24) is 0 Å². The van der Waals surface area contributed by atoms with Gasteiger partial charge in [0.1, 0.15) is 0 Å². The van der Waals surface area contributed by atoms with Gasteiger partial charge >= 0.3 is 0 Å². The predicted molar refractivity (Wildman–Crippen MR) is 57.8 cm³/mol. The van der Waals surface area contributed by atoms with Crippen molar-refractivity contribution in [3.63, 3.8) is 0 Å². The monoisotopic (exact) mass is 214 g/mol. The third-order valence-corrected chi connectivity index (χ3v) is 2.13. The lowest BCUT2D eigenvalue weighted by atomic mass is 10.2. The highest BCUT2D eigenvalue weighted by Gasteiger charge is 2.01. The largest absolute Gasteiger partial charge is 0.385 e. The van der Waals surface area contributed by atoms with Crippen LogP contribution in [0.15, 0.2) is 18.2 Å². The number of nitrogens with two attached hydrogens (primary N) is 1. The minimum Gasteiger partial charge on any atom is -0.385 e. The Bertz CT molecular complexity index is 303. The molecule has 84 valence electrons. The van der Waals surface area contributed by atoms with Crippen LogP contribution in [0.5, 0.6) is 0 Å². The first kappa shape index (κ1) is 11.9. The number of anilines is 1. The zero-order valence-electron chi connectivity index (χ0n) is 8.60. The van der Waals surface area contributed by atoms with Gasteiger partial charge in [0.25, 0.3) is 0 Å². The lowest BCUT2D eigenvalue weighted by molar-refractivity contribution is 0.509. The lowest BCUT2D eigenvalue weighted by Gasteiger charge is -2.06. The van der Waals surface area contributed by atoms with Crippen molar-refractivity contribution < 1.29 is 8.78 Å². The molecule has 0 fully saturated rings. The fourth-order valence-electron chi connectivity index (χ4n) is 1.28. The summed E-state index contributed by atoms with van der Waals surface area (Å²) in [4.78, 5) is 0. The molecule has 4 heteroatoms. The third-order valence-electron chi connectivity index (χ3n) is 2.13. The molecule has 0 aliphatic carbocycles. The molecule has 0 unspecified atom stereocenters. The average molecular weight is 214 g/mol. The van der Waals surface area contributed by atoms with Crippen molar-refractivity contribution in [3.05, 3.63) is 29.8 Å². The van der Waals surface area contributed by atoms with E-state index in [1.54, 1.807) is 0 Å². The van der Waals surface area contributed by atoms with E-state index in [9.17, 15) is 8.78 Å². The molecule has 15 heavy (non-hydrogen) atoms. The topological polar surface area (TPSA) is 38.0 Å². The van der Waals surface area contributed by atoms with Crippen molar-refractivity contribution in [3.8, 4) is 0 Å². The van der Waals surface area contributed by atoms with Gasteiger partial charge in [-0.2, -0.15) is 0 Å². The van der Waals surface area contributed by atoms with E-state index in [2.05, 4.69) is 5.32 Å². The number of hydrogen-bond acceptors (Lipinski definition) is 2. The second kappa shape index (κ2) is 6.35. The average Bonchev–Trinajstić information content (AvgIpc) is 2.23. The van der Waals surface area contributed by atoms with E-state index in [1.807, 2.05) is 0 Å². The van der Waals surface area contributed by atoms with Crippen molar-refractivity contribution in [2.75, 3.05) is 18.4 Å². The standard InChI is InChI=1S/C11H16F2N2/c12-10-5-4-9(8-11(10)13)15-7-3-1-2-6-14/h4-5,8,15H,1-3,6-7,14H2. The molecule has 0 bridgehead atoms. The second-order valence-electron chi connectivity index (χ2n) is 3.40. The summed E-state index contributed by atoms with van der Waals surface area (Å²) >= 11 is 0. The number of halogens is 2. The van der Waals surface area contributed by atoms with Crippen LogP contribution >= 0.6 is 0 Å². The molecule has 3 N–H and O–H groups in total. The van der Waals surface area contributed by atoms with E-state index in [4.69, 9.17) is 5.73 Å². The third kappa shape index (κ3) is 4.25. The fraction of sp³-hybridized carbons (Fsp3) is 0.455. The first-order valence-electron chi connectivity index (χ1n) is 5.13. The van der Waals surface area contributed by atoms with Gasteiger partial charge in [-0.05, 0) is 37.6 Å². The van der Waals surface area contributed by atoms with Gasteiger partial charge < -0.3 is 11.1 Å². The SMILES string of the molecule is NCCCCCNc1ccc(F)c(F)c1. The summed E-state index contributed by atoms with van der Waals surface area (Å²) < 4.78 is 25.3. The summed E-state index contributed by atoms with van der Waals surface area (Å²) in [6.45, 7) is 1.45. The maximum absolute atomic E-state index is 12.8. The number of benzene rings is 1. The number of unbranched alkanes of at least 4 members (excludes halogenated alkanes) is 2. The first-order valence-corrected chi connectivity index (χ1v) is 5.13. The van der Waals surface area contributed by atoms with Crippen molar-refractivity contribution >= 4 is 5.69 Å². The summed E-state index contributed by atoms with van der Waals surface area (Å²) in [6, 6.07) is 3.82.